The van der Waals surface area contributed by atoms with Crippen molar-refractivity contribution in [1.29, 1.82) is 0 Å². The highest BCUT2D eigenvalue weighted by Crippen LogP contribution is 2.31. The third-order valence-corrected chi connectivity index (χ3v) is 2.71. The minimum absolute atomic E-state index is 0.355. The van der Waals surface area contributed by atoms with E-state index in [4.69, 9.17) is 5.11 Å². The van der Waals surface area contributed by atoms with Crippen molar-refractivity contribution >= 4 is 5.97 Å². The minimum atomic E-state index is -0.784. The van der Waals surface area contributed by atoms with E-state index in [2.05, 4.69) is 5.32 Å². The summed E-state index contributed by atoms with van der Waals surface area (Å²) < 4.78 is 12.0. The molecular weight excluding hydrogens is 173 g/mol. The lowest BCUT2D eigenvalue weighted by Crippen LogP contribution is -2.45. The van der Waals surface area contributed by atoms with Crippen molar-refractivity contribution in [3.05, 3.63) is 0 Å². The van der Waals surface area contributed by atoms with Crippen molar-refractivity contribution in [2.45, 2.75) is 25.7 Å². The minimum Gasteiger partial charge on any atom is -0.481 e. The van der Waals surface area contributed by atoms with Crippen molar-refractivity contribution in [3.8, 4) is 0 Å². The van der Waals surface area contributed by atoms with Crippen LogP contribution in [0.3, 0.4) is 0 Å². The van der Waals surface area contributed by atoms with Gasteiger partial charge in [0.1, 0.15) is 0 Å². The molecule has 1 unspecified atom stereocenters. The number of halogens is 1. The molecule has 2 N–H and O–H groups in total. The molecule has 4 heteroatoms. The van der Waals surface area contributed by atoms with E-state index in [1.165, 1.54) is 0 Å². The van der Waals surface area contributed by atoms with Gasteiger partial charge in [0.25, 0.3) is 0 Å². The van der Waals surface area contributed by atoms with Crippen LogP contribution < -0.4 is 5.32 Å². The van der Waals surface area contributed by atoms with E-state index in [1.54, 1.807) is 0 Å². The van der Waals surface area contributed by atoms with Gasteiger partial charge in [-0.3, -0.25) is 9.18 Å². The summed E-state index contributed by atoms with van der Waals surface area (Å²) in [5.74, 6) is -0.784. The van der Waals surface area contributed by atoms with Crippen molar-refractivity contribution in [1.82, 2.24) is 5.32 Å². The number of rotatable bonds is 4. The Morgan fingerprint density at radius 1 is 1.62 bits per heavy atom. The summed E-state index contributed by atoms with van der Waals surface area (Å²) >= 11 is 0. The van der Waals surface area contributed by atoms with Crippen LogP contribution in [0.4, 0.5) is 4.39 Å². The number of carboxylic acid groups (broad SMARTS) is 1. The number of aliphatic carboxylic acids is 1. The summed E-state index contributed by atoms with van der Waals surface area (Å²) in [7, 11) is 0. The monoisotopic (exact) mass is 189 g/mol. The third-order valence-electron chi connectivity index (χ3n) is 2.71. The number of carbonyl (C=O) groups is 1. The highest BCUT2D eigenvalue weighted by molar-refractivity contribution is 5.75. The van der Waals surface area contributed by atoms with E-state index < -0.39 is 18.1 Å². The molecule has 0 saturated carbocycles. The fourth-order valence-electron chi connectivity index (χ4n) is 1.88. The van der Waals surface area contributed by atoms with Crippen LogP contribution in [0.2, 0.25) is 0 Å². The van der Waals surface area contributed by atoms with Gasteiger partial charge in [-0.05, 0) is 32.2 Å². The number of alkyl halides is 1. The van der Waals surface area contributed by atoms with E-state index >= 15 is 0 Å². The van der Waals surface area contributed by atoms with E-state index in [1.807, 2.05) is 0 Å². The maximum Gasteiger partial charge on any atom is 0.310 e. The van der Waals surface area contributed by atoms with Gasteiger partial charge >= 0.3 is 5.97 Å². The molecule has 0 radical (unpaired) electrons. The van der Waals surface area contributed by atoms with Gasteiger partial charge in [0.15, 0.2) is 0 Å². The Balaban J connectivity index is 2.56. The lowest BCUT2D eigenvalue weighted by Gasteiger charge is -2.33. The molecule has 0 amide bonds. The molecule has 0 spiro atoms. The lowest BCUT2D eigenvalue weighted by molar-refractivity contribution is -0.150. The fourth-order valence-corrected chi connectivity index (χ4v) is 1.88. The summed E-state index contributed by atoms with van der Waals surface area (Å²) in [6, 6.07) is 0. The van der Waals surface area contributed by atoms with Crippen molar-refractivity contribution in [2.75, 3.05) is 19.8 Å². The quantitative estimate of drug-likeness (QED) is 0.698. The number of carboxylic acids is 1. The van der Waals surface area contributed by atoms with Gasteiger partial charge in [0.2, 0.25) is 0 Å². The first kappa shape index (κ1) is 10.4. The van der Waals surface area contributed by atoms with Crippen LogP contribution in [0.5, 0.6) is 0 Å². The Morgan fingerprint density at radius 2 is 2.38 bits per heavy atom. The molecule has 0 bridgehead atoms. The number of nitrogens with one attached hydrogen (secondary N) is 1. The standard InChI is InChI=1S/C9H16FNO2/c10-5-1-3-9(8(12)13)4-2-6-11-7-9/h11H,1-7H2,(H,12,13). The van der Waals surface area contributed by atoms with Crippen LogP contribution in [-0.2, 0) is 4.79 Å². The smallest absolute Gasteiger partial charge is 0.310 e. The molecule has 1 fully saturated rings. The zero-order valence-corrected chi connectivity index (χ0v) is 7.68. The zero-order chi connectivity index (χ0) is 9.73. The molecular formula is C9H16FNO2. The Bertz CT molecular complexity index is 178. The second kappa shape index (κ2) is 4.56. The van der Waals surface area contributed by atoms with Crippen LogP contribution >= 0.6 is 0 Å². The Morgan fingerprint density at radius 3 is 2.85 bits per heavy atom. The first-order valence-corrected chi connectivity index (χ1v) is 4.71. The molecule has 1 aliphatic rings. The van der Waals surface area contributed by atoms with Crippen LogP contribution in [0, 0.1) is 5.41 Å². The maximum absolute atomic E-state index is 12.0. The average Bonchev–Trinajstić information content (AvgIpc) is 2.16. The molecule has 1 saturated heterocycles. The Labute approximate surface area is 77.3 Å². The SMILES string of the molecule is O=C(O)C1(CCCF)CCCNC1. The molecule has 76 valence electrons. The zero-order valence-electron chi connectivity index (χ0n) is 7.68. The summed E-state index contributed by atoms with van der Waals surface area (Å²) in [5.41, 5.74) is -0.704. The molecule has 0 aromatic rings. The van der Waals surface area contributed by atoms with Crippen LogP contribution in [0.1, 0.15) is 25.7 Å². The van der Waals surface area contributed by atoms with Crippen LogP contribution in [-0.4, -0.2) is 30.8 Å². The van der Waals surface area contributed by atoms with Gasteiger partial charge in [-0.2, -0.15) is 0 Å². The summed E-state index contributed by atoms with van der Waals surface area (Å²) in [6.07, 6.45) is 2.35. The van der Waals surface area contributed by atoms with E-state index in [9.17, 15) is 9.18 Å². The van der Waals surface area contributed by atoms with E-state index in [0.29, 0.717) is 25.8 Å². The largest absolute Gasteiger partial charge is 0.481 e. The van der Waals surface area contributed by atoms with Gasteiger partial charge in [0, 0.05) is 6.54 Å². The van der Waals surface area contributed by atoms with Crippen LogP contribution in [0.25, 0.3) is 0 Å². The predicted molar refractivity (Wildman–Crippen MR) is 47.4 cm³/mol. The molecule has 1 heterocycles. The number of hydrogen-bond donors (Lipinski definition) is 2. The third kappa shape index (κ3) is 2.40. The second-order valence-corrected chi connectivity index (χ2v) is 3.66. The average molecular weight is 189 g/mol. The van der Waals surface area contributed by atoms with E-state index in [0.717, 1.165) is 13.0 Å². The maximum atomic E-state index is 12.0. The van der Waals surface area contributed by atoms with E-state index in [-0.39, 0.29) is 0 Å². The van der Waals surface area contributed by atoms with Crippen LogP contribution in [0.15, 0.2) is 0 Å². The number of piperidine rings is 1. The van der Waals surface area contributed by atoms with Crippen molar-refractivity contribution < 1.29 is 14.3 Å². The van der Waals surface area contributed by atoms with Gasteiger partial charge in [-0.25, -0.2) is 0 Å². The first-order chi connectivity index (χ1) is 6.21. The molecule has 1 atom stereocenters. The first-order valence-electron chi connectivity index (χ1n) is 4.71. The van der Waals surface area contributed by atoms with Crippen molar-refractivity contribution in [3.63, 3.8) is 0 Å². The fraction of sp³-hybridized carbons (Fsp3) is 0.889. The second-order valence-electron chi connectivity index (χ2n) is 3.66. The molecule has 1 rings (SSSR count). The van der Waals surface area contributed by atoms with Gasteiger partial charge in [-0.1, -0.05) is 0 Å². The van der Waals surface area contributed by atoms with Gasteiger partial charge < -0.3 is 10.4 Å². The molecule has 13 heavy (non-hydrogen) atoms. The number of hydrogen-bond acceptors (Lipinski definition) is 2. The van der Waals surface area contributed by atoms with Gasteiger partial charge in [0.05, 0.1) is 12.1 Å². The molecule has 0 aromatic heterocycles. The van der Waals surface area contributed by atoms with Gasteiger partial charge in [-0.15, -0.1) is 0 Å². The topological polar surface area (TPSA) is 49.3 Å². The molecule has 0 aromatic carbocycles. The highest BCUT2D eigenvalue weighted by atomic mass is 19.1. The normalized spacial score (nSPS) is 28.7. The highest BCUT2D eigenvalue weighted by Gasteiger charge is 2.38. The lowest BCUT2D eigenvalue weighted by atomic mass is 9.77. The molecule has 1 aliphatic heterocycles. The Kier molecular flexibility index (Phi) is 3.66. The molecule has 3 nitrogen and oxygen atoms in total. The summed E-state index contributed by atoms with van der Waals surface area (Å²) in [6.45, 7) is 0.946. The summed E-state index contributed by atoms with van der Waals surface area (Å²) in [4.78, 5) is 11.0. The Hall–Kier alpha value is -0.640. The summed E-state index contributed by atoms with van der Waals surface area (Å²) in [5, 5.41) is 12.1. The molecule has 0 aliphatic carbocycles. The van der Waals surface area contributed by atoms with Crippen molar-refractivity contribution in [2.24, 2.45) is 5.41 Å². The predicted octanol–water partition coefficient (Wildman–Crippen LogP) is 1.19.